The van der Waals surface area contributed by atoms with Crippen molar-refractivity contribution in [2.75, 3.05) is 75.3 Å². The molecule has 4 fully saturated rings. The number of anilines is 2. The molecule has 3 N–H and O–H groups in total. The number of nitrogens with one attached hydrogen (secondary N) is 1. The number of carbonyl (C=O) groups is 4. The normalized spacial score (nSPS) is 19.1. The van der Waals surface area contributed by atoms with Gasteiger partial charge in [0.25, 0.3) is 5.91 Å². The van der Waals surface area contributed by atoms with Crippen LogP contribution in [0.15, 0.2) is 48.5 Å². The second-order valence-corrected chi connectivity index (χ2v) is 18.6. The van der Waals surface area contributed by atoms with Crippen LogP contribution in [-0.2, 0) is 9.47 Å². The molecule has 2 aromatic rings. The van der Waals surface area contributed by atoms with Crippen LogP contribution in [-0.4, -0.2) is 121 Å². The third kappa shape index (κ3) is 13.8. The molecule has 0 spiro atoms. The zero-order chi connectivity index (χ0) is 42.7. The van der Waals surface area contributed by atoms with Gasteiger partial charge in [0.1, 0.15) is 11.2 Å². The molecule has 326 valence electrons. The lowest BCUT2D eigenvalue weighted by Crippen LogP contribution is -2.44. The minimum atomic E-state index is -0.886. The first kappa shape index (κ1) is 45.6. The summed E-state index contributed by atoms with van der Waals surface area (Å²) in [4.78, 5) is 55.9. The number of amides is 3. The molecule has 0 radical (unpaired) electrons. The molecule has 0 bridgehead atoms. The van der Waals surface area contributed by atoms with Gasteiger partial charge in [-0.3, -0.25) is 4.79 Å². The molecule has 0 saturated carbocycles. The van der Waals surface area contributed by atoms with Crippen LogP contribution in [0.2, 0.25) is 0 Å². The van der Waals surface area contributed by atoms with E-state index in [0.717, 1.165) is 115 Å². The third-order valence-electron chi connectivity index (χ3n) is 12.2. The van der Waals surface area contributed by atoms with Crippen LogP contribution in [0, 0.1) is 23.7 Å². The average Bonchev–Trinajstić information content (AvgIpc) is 3.22. The first-order chi connectivity index (χ1) is 28.0. The highest BCUT2D eigenvalue weighted by Gasteiger charge is 2.34. The standard InChI is InChI=1S/C24H37N3O4.C22H32N2O4/c1-24(2,3)31-23(30)27-15-10-19(11-16-27)18-8-13-26(14-9-18)21-6-4-20(5-7-21)22(29)25-12-17-28;1-22(2,3)28-21(27)24-14-10-17(11-15-24)16-8-12-23(13-9-16)19-6-4-18(5-7-19)20(25)26/h4-7,18-19,28H,8-17H2,1-3H3,(H,25,29);4-7,16-17H,8-15H2,1-3H3,(H,25,26). The van der Waals surface area contributed by atoms with Crippen molar-refractivity contribution in [3.63, 3.8) is 0 Å². The number of piperidine rings is 4. The molecule has 6 rings (SSSR count). The summed E-state index contributed by atoms with van der Waals surface area (Å²) in [6.45, 7) is 18.9. The van der Waals surface area contributed by atoms with Crippen molar-refractivity contribution in [1.29, 1.82) is 0 Å². The van der Waals surface area contributed by atoms with Crippen molar-refractivity contribution in [1.82, 2.24) is 15.1 Å². The molecule has 4 aliphatic rings. The van der Waals surface area contributed by atoms with Crippen LogP contribution in [0.5, 0.6) is 0 Å². The van der Waals surface area contributed by atoms with Gasteiger partial charge >= 0.3 is 18.2 Å². The summed E-state index contributed by atoms with van der Waals surface area (Å²) in [5.41, 5.74) is 2.31. The number of aromatic carboxylic acids is 1. The highest BCUT2D eigenvalue weighted by Crippen LogP contribution is 2.36. The van der Waals surface area contributed by atoms with E-state index in [0.29, 0.717) is 34.8 Å². The Labute approximate surface area is 351 Å². The van der Waals surface area contributed by atoms with Gasteiger partial charge in [-0.15, -0.1) is 0 Å². The number of aliphatic hydroxyl groups is 1. The molecule has 4 heterocycles. The van der Waals surface area contributed by atoms with E-state index in [1.54, 1.807) is 12.1 Å². The molecular formula is C46H69N5O8. The van der Waals surface area contributed by atoms with Gasteiger partial charge in [0, 0.05) is 75.8 Å². The molecule has 2 aromatic carbocycles. The smallest absolute Gasteiger partial charge is 0.410 e. The largest absolute Gasteiger partial charge is 0.478 e. The fourth-order valence-electron chi connectivity index (χ4n) is 8.93. The van der Waals surface area contributed by atoms with E-state index < -0.39 is 17.2 Å². The summed E-state index contributed by atoms with van der Waals surface area (Å²) >= 11 is 0. The molecule has 59 heavy (non-hydrogen) atoms. The van der Waals surface area contributed by atoms with E-state index in [1.165, 1.54) is 0 Å². The zero-order valence-electron chi connectivity index (χ0n) is 36.3. The van der Waals surface area contributed by atoms with Gasteiger partial charge in [-0.25, -0.2) is 14.4 Å². The number of benzene rings is 2. The molecule has 0 aliphatic carbocycles. The summed E-state index contributed by atoms with van der Waals surface area (Å²) in [7, 11) is 0. The number of nitrogens with zero attached hydrogens (tertiary/aromatic N) is 4. The number of carbonyl (C=O) groups excluding carboxylic acids is 3. The first-order valence-electron chi connectivity index (χ1n) is 21.8. The van der Waals surface area contributed by atoms with Gasteiger partial charge < -0.3 is 44.6 Å². The van der Waals surface area contributed by atoms with Crippen molar-refractivity contribution in [2.45, 2.75) is 104 Å². The second-order valence-electron chi connectivity index (χ2n) is 18.6. The molecule has 13 nitrogen and oxygen atoms in total. The molecule has 0 aromatic heterocycles. The van der Waals surface area contributed by atoms with Crippen LogP contribution >= 0.6 is 0 Å². The summed E-state index contributed by atoms with van der Waals surface area (Å²) in [5, 5.41) is 20.5. The highest BCUT2D eigenvalue weighted by atomic mass is 16.6. The van der Waals surface area contributed by atoms with Gasteiger partial charge in [-0.1, -0.05) is 0 Å². The van der Waals surface area contributed by atoms with E-state index in [9.17, 15) is 19.2 Å². The molecule has 3 amide bonds. The molecule has 4 aliphatic heterocycles. The Morgan fingerprint density at radius 1 is 0.559 bits per heavy atom. The SMILES string of the molecule is CC(C)(C)OC(=O)N1CCC(C2CCN(c3ccc(C(=O)NCCO)cc3)CC2)CC1.CC(C)(C)OC(=O)N1CCC(C2CCN(c3ccc(C(=O)O)cc3)CC2)CC1. The second kappa shape index (κ2) is 20.6. The summed E-state index contributed by atoms with van der Waals surface area (Å²) in [6, 6.07) is 14.9. The van der Waals surface area contributed by atoms with Crippen molar-refractivity contribution in [3.8, 4) is 0 Å². The Hall–Kier alpha value is -4.52. The lowest BCUT2D eigenvalue weighted by atomic mass is 9.79. The fraction of sp³-hybridized carbons (Fsp3) is 0.652. The number of carboxylic acids is 1. The Morgan fingerprint density at radius 2 is 0.881 bits per heavy atom. The number of ether oxygens (including phenoxy) is 2. The molecular weight excluding hydrogens is 751 g/mol. The highest BCUT2D eigenvalue weighted by molar-refractivity contribution is 5.94. The van der Waals surface area contributed by atoms with E-state index in [2.05, 4.69) is 15.1 Å². The van der Waals surface area contributed by atoms with Gasteiger partial charge in [-0.05, 0) is 165 Å². The van der Waals surface area contributed by atoms with E-state index in [1.807, 2.05) is 87.7 Å². The van der Waals surface area contributed by atoms with Gasteiger partial charge in [0.2, 0.25) is 0 Å². The number of aliphatic hydroxyl groups excluding tert-OH is 1. The maximum Gasteiger partial charge on any atom is 0.410 e. The Balaban J connectivity index is 0.000000225. The average molecular weight is 820 g/mol. The lowest BCUT2D eigenvalue weighted by Gasteiger charge is -2.41. The Bertz CT molecular complexity index is 1660. The minimum absolute atomic E-state index is 0.0567. The van der Waals surface area contributed by atoms with Crippen LogP contribution in [0.3, 0.4) is 0 Å². The molecule has 13 heteroatoms. The quantitative estimate of drug-likeness (QED) is 0.244. The van der Waals surface area contributed by atoms with Gasteiger partial charge in [0.05, 0.1) is 12.2 Å². The third-order valence-corrected chi connectivity index (χ3v) is 12.2. The summed E-state index contributed by atoms with van der Waals surface area (Å²) < 4.78 is 11.0. The van der Waals surface area contributed by atoms with Crippen LogP contribution in [0.25, 0.3) is 0 Å². The predicted molar refractivity (Wildman–Crippen MR) is 230 cm³/mol. The van der Waals surface area contributed by atoms with Crippen LogP contribution < -0.4 is 15.1 Å². The van der Waals surface area contributed by atoms with Crippen molar-refractivity contribution in [3.05, 3.63) is 59.7 Å². The van der Waals surface area contributed by atoms with Crippen LogP contribution in [0.1, 0.15) is 114 Å². The maximum atomic E-state index is 12.3. The number of hydrogen-bond donors (Lipinski definition) is 3. The van der Waals surface area contributed by atoms with Crippen molar-refractivity contribution < 1.29 is 38.9 Å². The van der Waals surface area contributed by atoms with Gasteiger partial charge in [0.15, 0.2) is 0 Å². The predicted octanol–water partition coefficient (Wildman–Crippen LogP) is 7.52. The zero-order valence-corrected chi connectivity index (χ0v) is 36.3. The Kier molecular flexibility index (Phi) is 15.9. The molecule has 4 saturated heterocycles. The summed E-state index contributed by atoms with van der Waals surface area (Å²) in [5.74, 6) is 1.73. The topological polar surface area (TPSA) is 152 Å². The molecule has 0 unspecified atom stereocenters. The van der Waals surface area contributed by atoms with E-state index >= 15 is 0 Å². The first-order valence-corrected chi connectivity index (χ1v) is 21.8. The number of hydrogen-bond acceptors (Lipinski definition) is 9. The van der Waals surface area contributed by atoms with Gasteiger partial charge in [-0.2, -0.15) is 0 Å². The number of rotatable bonds is 8. The lowest BCUT2D eigenvalue weighted by molar-refractivity contribution is 0.0142. The van der Waals surface area contributed by atoms with E-state index in [-0.39, 0.29) is 31.2 Å². The van der Waals surface area contributed by atoms with Crippen LogP contribution in [0.4, 0.5) is 21.0 Å². The Morgan fingerprint density at radius 3 is 1.19 bits per heavy atom. The van der Waals surface area contributed by atoms with Crippen molar-refractivity contribution in [2.24, 2.45) is 23.7 Å². The fourth-order valence-corrected chi connectivity index (χ4v) is 8.93. The molecule has 0 atom stereocenters. The minimum Gasteiger partial charge on any atom is -0.478 e. The number of carboxylic acid groups (broad SMARTS) is 1. The summed E-state index contributed by atoms with van der Waals surface area (Å²) in [6.07, 6.45) is 8.47. The van der Waals surface area contributed by atoms with Crippen molar-refractivity contribution >= 4 is 35.4 Å². The maximum absolute atomic E-state index is 12.3. The van der Waals surface area contributed by atoms with E-state index in [4.69, 9.17) is 19.7 Å². The monoisotopic (exact) mass is 820 g/mol. The number of likely N-dealkylation sites (tertiary alicyclic amines) is 2.